The van der Waals surface area contributed by atoms with Gasteiger partial charge >= 0.3 is 0 Å². The summed E-state index contributed by atoms with van der Waals surface area (Å²) in [6, 6.07) is 12.4. The molecule has 1 amide bonds. The normalized spacial score (nSPS) is 10.8. The SMILES string of the molecule is COCCNC(=O)CCN(C)c1ncnc2sc(-c3ccccc3)cc12. The number of fused-ring (bicyclic) bond motifs is 1. The van der Waals surface area contributed by atoms with Gasteiger partial charge in [0.1, 0.15) is 17.0 Å². The average Bonchev–Trinajstić information content (AvgIpc) is 3.11. The van der Waals surface area contributed by atoms with Crippen LogP contribution in [0.25, 0.3) is 20.7 Å². The molecule has 2 heterocycles. The van der Waals surface area contributed by atoms with Gasteiger partial charge in [-0.25, -0.2) is 9.97 Å². The van der Waals surface area contributed by atoms with Crippen LogP contribution in [0.1, 0.15) is 6.42 Å². The average molecular weight is 370 g/mol. The molecule has 0 bridgehead atoms. The highest BCUT2D eigenvalue weighted by Gasteiger charge is 2.14. The number of carbonyl (C=O) groups excluding carboxylic acids is 1. The number of thiophene rings is 1. The van der Waals surface area contributed by atoms with Gasteiger partial charge in [0, 0.05) is 38.5 Å². The Balaban J connectivity index is 1.73. The van der Waals surface area contributed by atoms with E-state index in [1.54, 1.807) is 24.8 Å². The van der Waals surface area contributed by atoms with Gasteiger partial charge in [-0.15, -0.1) is 11.3 Å². The van der Waals surface area contributed by atoms with Crippen molar-refractivity contribution in [1.82, 2.24) is 15.3 Å². The Hall–Kier alpha value is -2.51. The number of ether oxygens (including phenoxy) is 1. The van der Waals surface area contributed by atoms with Gasteiger partial charge in [0.05, 0.1) is 12.0 Å². The van der Waals surface area contributed by atoms with Crippen molar-refractivity contribution in [2.24, 2.45) is 0 Å². The predicted molar refractivity (Wildman–Crippen MR) is 106 cm³/mol. The van der Waals surface area contributed by atoms with Crippen molar-refractivity contribution in [3.63, 3.8) is 0 Å². The summed E-state index contributed by atoms with van der Waals surface area (Å²) < 4.78 is 4.93. The van der Waals surface area contributed by atoms with E-state index in [-0.39, 0.29) is 5.91 Å². The third kappa shape index (κ3) is 4.36. The minimum Gasteiger partial charge on any atom is -0.383 e. The van der Waals surface area contributed by atoms with Crippen LogP contribution >= 0.6 is 11.3 Å². The highest BCUT2D eigenvalue weighted by atomic mass is 32.1. The Labute approximate surface area is 156 Å². The van der Waals surface area contributed by atoms with Crippen LogP contribution in [-0.4, -0.2) is 49.7 Å². The van der Waals surface area contributed by atoms with Crippen molar-refractivity contribution in [2.45, 2.75) is 6.42 Å². The van der Waals surface area contributed by atoms with Gasteiger partial charge in [-0.05, 0) is 11.6 Å². The number of hydrogen-bond acceptors (Lipinski definition) is 6. The van der Waals surface area contributed by atoms with Gasteiger partial charge in [0.2, 0.25) is 5.91 Å². The second kappa shape index (κ2) is 8.73. The first kappa shape index (κ1) is 18.3. The quantitative estimate of drug-likeness (QED) is 0.618. The van der Waals surface area contributed by atoms with Gasteiger partial charge in [-0.2, -0.15) is 0 Å². The minimum absolute atomic E-state index is 0.00879. The van der Waals surface area contributed by atoms with Crippen LogP contribution in [-0.2, 0) is 9.53 Å². The maximum absolute atomic E-state index is 11.9. The summed E-state index contributed by atoms with van der Waals surface area (Å²) in [5, 5.41) is 3.84. The standard InChI is InChI=1S/C19H22N4O2S/c1-23(10-8-17(24)20-9-11-25-2)18-15-12-16(14-6-4-3-5-7-14)26-19(15)22-13-21-18/h3-7,12-13H,8-11H2,1-2H3,(H,20,24). The van der Waals surface area contributed by atoms with Gasteiger partial charge < -0.3 is 15.0 Å². The molecule has 0 saturated heterocycles. The van der Waals surface area contributed by atoms with E-state index in [0.717, 1.165) is 20.9 Å². The topological polar surface area (TPSA) is 67.3 Å². The first-order valence-electron chi connectivity index (χ1n) is 8.46. The zero-order chi connectivity index (χ0) is 18.4. The first-order valence-corrected chi connectivity index (χ1v) is 9.27. The molecular formula is C19H22N4O2S. The fourth-order valence-corrected chi connectivity index (χ4v) is 3.65. The lowest BCUT2D eigenvalue weighted by atomic mass is 10.2. The van der Waals surface area contributed by atoms with Gasteiger partial charge in [-0.1, -0.05) is 30.3 Å². The van der Waals surface area contributed by atoms with E-state index >= 15 is 0 Å². The fraction of sp³-hybridized carbons (Fsp3) is 0.316. The Morgan fingerprint density at radius 1 is 1.27 bits per heavy atom. The summed E-state index contributed by atoms with van der Waals surface area (Å²) in [6.45, 7) is 1.63. The van der Waals surface area contributed by atoms with E-state index in [2.05, 4.69) is 33.5 Å². The predicted octanol–water partition coefficient (Wildman–Crippen LogP) is 2.95. The number of amides is 1. The van der Waals surface area contributed by atoms with Crippen LogP contribution in [0.4, 0.5) is 5.82 Å². The van der Waals surface area contributed by atoms with E-state index < -0.39 is 0 Å². The molecule has 3 rings (SSSR count). The summed E-state index contributed by atoms with van der Waals surface area (Å²) in [4.78, 5) is 24.8. The fourth-order valence-electron chi connectivity index (χ4n) is 2.65. The Bertz CT molecular complexity index is 866. The minimum atomic E-state index is 0.00879. The molecule has 2 aromatic heterocycles. The molecule has 136 valence electrons. The number of hydrogen-bond donors (Lipinski definition) is 1. The number of rotatable bonds is 8. The van der Waals surface area contributed by atoms with Gasteiger partial charge in [0.15, 0.2) is 0 Å². The molecule has 0 unspecified atom stereocenters. The van der Waals surface area contributed by atoms with Crippen LogP contribution in [0.5, 0.6) is 0 Å². The van der Waals surface area contributed by atoms with Crippen LogP contribution in [0, 0.1) is 0 Å². The molecule has 0 atom stereocenters. The van der Waals surface area contributed by atoms with Crippen molar-refractivity contribution < 1.29 is 9.53 Å². The van der Waals surface area contributed by atoms with Crippen LogP contribution < -0.4 is 10.2 Å². The number of benzene rings is 1. The molecule has 6 nitrogen and oxygen atoms in total. The van der Waals surface area contributed by atoms with Crippen molar-refractivity contribution >= 4 is 33.3 Å². The smallest absolute Gasteiger partial charge is 0.221 e. The molecule has 7 heteroatoms. The highest BCUT2D eigenvalue weighted by molar-refractivity contribution is 7.21. The number of nitrogens with zero attached hydrogens (tertiary/aromatic N) is 3. The molecular weight excluding hydrogens is 348 g/mol. The number of anilines is 1. The molecule has 0 spiro atoms. The van der Waals surface area contributed by atoms with E-state index in [9.17, 15) is 4.79 Å². The van der Waals surface area contributed by atoms with E-state index in [1.165, 1.54) is 5.56 Å². The largest absolute Gasteiger partial charge is 0.383 e. The molecule has 1 aromatic carbocycles. The maximum Gasteiger partial charge on any atom is 0.221 e. The van der Waals surface area contributed by atoms with E-state index in [4.69, 9.17) is 4.74 Å². The number of carbonyl (C=O) groups is 1. The van der Waals surface area contributed by atoms with Crippen LogP contribution in [0.15, 0.2) is 42.7 Å². The van der Waals surface area contributed by atoms with Crippen molar-refractivity contribution in [3.8, 4) is 10.4 Å². The monoisotopic (exact) mass is 370 g/mol. The molecule has 0 aliphatic rings. The third-order valence-corrected chi connectivity index (χ3v) is 5.12. The molecule has 1 N–H and O–H groups in total. The van der Waals surface area contributed by atoms with Crippen molar-refractivity contribution in [2.75, 3.05) is 38.8 Å². The molecule has 0 aliphatic carbocycles. The summed E-state index contributed by atoms with van der Waals surface area (Å²) in [7, 11) is 3.56. The van der Waals surface area contributed by atoms with E-state index in [0.29, 0.717) is 26.1 Å². The summed E-state index contributed by atoms with van der Waals surface area (Å²) in [5.41, 5.74) is 1.17. The molecule has 0 aliphatic heterocycles. The van der Waals surface area contributed by atoms with E-state index in [1.807, 2.05) is 30.1 Å². The van der Waals surface area contributed by atoms with Crippen molar-refractivity contribution in [1.29, 1.82) is 0 Å². The summed E-state index contributed by atoms with van der Waals surface area (Å²) in [6.07, 6.45) is 1.99. The molecule has 3 aromatic rings. The second-order valence-electron chi connectivity index (χ2n) is 5.91. The van der Waals surface area contributed by atoms with Gasteiger partial charge in [-0.3, -0.25) is 4.79 Å². The number of aromatic nitrogens is 2. The Morgan fingerprint density at radius 3 is 2.85 bits per heavy atom. The first-order chi connectivity index (χ1) is 12.7. The van der Waals surface area contributed by atoms with Crippen molar-refractivity contribution in [3.05, 3.63) is 42.7 Å². The number of methoxy groups -OCH3 is 1. The lowest BCUT2D eigenvalue weighted by Gasteiger charge is -2.18. The lowest BCUT2D eigenvalue weighted by molar-refractivity contribution is -0.121. The maximum atomic E-state index is 11.9. The molecule has 0 radical (unpaired) electrons. The zero-order valence-corrected chi connectivity index (χ0v) is 15.8. The Morgan fingerprint density at radius 2 is 2.08 bits per heavy atom. The molecule has 0 saturated carbocycles. The number of nitrogens with one attached hydrogen (secondary N) is 1. The van der Waals surface area contributed by atoms with Gasteiger partial charge in [0.25, 0.3) is 0 Å². The summed E-state index contributed by atoms with van der Waals surface area (Å²) >= 11 is 1.65. The lowest BCUT2D eigenvalue weighted by Crippen LogP contribution is -2.31. The third-order valence-electron chi connectivity index (χ3n) is 4.03. The Kier molecular flexibility index (Phi) is 6.14. The molecule has 26 heavy (non-hydrogen) atoms. The zero-order valence-electron chi connectivity index (χ0n) is 14.9. The second-order valence-corrected chi connectivity index (χ2v) is 6.94. The summed E-state index contributed by atoms with van der Waals surface area (Å²) in [5.74, 6) is 0.854. The van der Waals surface area contributed by atoms with Crippen LogP contribution in [0.2, 0.25) is 0 Å². The molecule has 0 fully saturated rings. The highest BCUT2D eigenvalue weighted by Crippen LogP contribution is 2.35. The van der Waals surface area contributed by atoms with Crippen LogP contribution in [0.3, 0.4) is 0 Å².